The van der Waals surface area contributed by atoms with Gasteiger partial charge in [0.2, 0.25) is 0 Å². The summed E-state index contributed by atoms with van der Waals surface area (Å²) in [7, 11) is -0.492. The summed E-state index contributed by atoms with van der Waals surface area (Å²) in [6, 6.07) is 28.7. The average Bonchev–Trinajstić information content (AvgIpc) is 2.69. The molecule has 4 heteroatoms. The second-order valence-corrected chi connectivity index (χ2v) is 24.3. The van der Waals surface area contributed by atoms with Gasteiger partial charge < -0.3 is 0 Å². The molecule has 3 aromatic carbocycles. The Morgan fingerprint density at radius 3 is 0.786 bits per heavy atom. The summed E-state index contributed by atoms with van der Waals surface area (Å²) in [6.07, 6.45) is 0. The fourth-order valence-corrected chi connectivity index (χ4v) is 10.1. The van der Waals surface area contributed by atoms with Crippen LogP contribution in [0.2, 0.25) is 34.3 Å². The van der Waals surface area contributed by atoms with Gasteiger partial charge in [0.25, 0.3) is 0 Å². The van der Waals surface area contributed by atoms with Crippen LogP contribution in [0, 0.1) is 0 Å². The van der Waals surface area contributed by atoms with E-state index in [1.807, 2.05) is 0 Å². The maximum absolute atomic E-state index is 2.41. The van der Waals surface area contributed by atoms with Crippen LogP contribution in [-0.2, 0) is 0 Å². The molecule has 0 aliphatic rings. The van der Waals surface area contributed by atoms with Gasteiger partial charge in [-0.3, -0.25) is 0 Å². The van der Waals surface area contributed by atoms with Crippen molar-refractivity contribution in [1.29, 1.82) is 0 Å². The van der Waals surface area contributed by atoms with Gasteiger partial charge >= 0.3 is 188 Å². The van der Waals surface area contributed by atoms with E-state index in [2.05, 4.69) is 107 Å². The third kappa shape index (κ3) is 5.47. The predicted octanol–water partition coefficient (Wildman–Crippen LogP) is 3.33. The van der Waals surface area contributed by atoms with E-state index in [-0.39, 0.29) is 0 Å². The molecule has 0 atom stereocenters. The fourth-order valence-electron chi connectivity index (χ4n) is 3.15. The van der Waals surface area contributed by atoms with Gasteiger partial charge in [0, 0.05) is 0 Å². The first-order valence-corrected chi connectivity index (χ1v) is 24.9. The van der Waals surface area contributed by atoms with E-state index in [0.29, 0.717) is 0 Å². The van der Waals surface area contributed by atoms with Crippen LogP contribution in [0.1, 0.15) is 0 Å². The summed E-state index contributed by atoms with van der Waals surface area (Å²) in [5.74, 6) is 0. The molecule has 0 amide bonds. The van der Waals surface area contributed by atoms with Crippen molar-refractivity contribution in [2.24, 2.45) is 0 Å². The normalized spacial score (nSPS) is 11.8. The summed E-state index contributed by atoms with van der Waals surface area (Å²) in [5.41, 5.74) is 14.5. The molecule has 0 saturated carbocycles. The van der Waals surface area contributed by atoms with Crippen LogP contribution in [-0.4, -0.2) is 44.0 Å². The predicted molar refractivity (Wildman–Crippen MR) is 136 cm³/mol. The van der Waals surface area contributed by atoms with Gasteiger partial charge in [0.1, 0.15) is 0 Å². The van der Waals surface area contributed by atoms with Crippen molar-refractivity contribution in [3.63, 3.8) is 0 Å². The van der Waals surface area contributed by atoms with E-state index in [0.717, 1.165) is 0 Å². The van der Waals surface area contributed by atoms with Crippen LogP contribution in [0.3, 0.4) is 0 Å². The molecule has 28 heavy (non-hydrogen) atoms. The molecule has 0 radical (unpaired) electrons. The van der Waals surface area contributed by atoms with Gasteiger partial charge in [0.15, 0.2) is 0 Å². The van der Waals surface area contributed by atoms with Crippen molar-refractivity contribution in [2.45, 2.75) is 34.3 Å². The zero-order chi connectivity index (χ0) is 20.3. The Labute approximate surface area is 186 Å². The SMILES string of the molecule is C[As](C)c1ccc(P(c2ccc([As](C)C)cc2)c2ccc([As](C)C)cc2)cc1. The second-order valence-electron chi connectivity index (χ2n) is 7.57. The van der Waals surface area contributed by atoms with E-state index in [4.69, 9.17) is 0 Å². The molecule has 0 N–H and O–H groups in total. The Hall–Kier alpha value is -0.235. The molecule has 0 fully saturated rings. The van der Waals surface area contributed by atoms with Crippen LogP contribution < -0.4 is 29.0 Å². The van der Waals surface area contributed by atoms with Crippen LogP contribution >= 0.6 is 7.92 Å². The van der Waals surface area contributed by atoms with Crippen LogP contribution in [0.15, 0.2) is 72.8 Å². The molecule has 0 aromatic heterocycles. The number of rotatable bonds is 6. The topological polar surface area (TPSA) is 0 Å². The number of hydrogen-bond acceptors (Lipinski definition) is 0. The van der Waals surface area contributed by atoms with Crippen molar-refractivity contribution in [3.8, 4) is 0 Å². The molecule has 0 aliphatic heterocycles. The van der Waals surface area contributed by atoms with Gasteiger partial charge in [-0.1, -0.05) is 0 Å². The zero-order valence-electron chi connectivity index (χ0n) is 17.7. The Balaban J connectivity index is 2.04. The third-order valence-corrected chi connectivity index (χ3v) is 15.7. The molecule has 0 heterocycles. The molecule has 0 aliphatic carbocycles. The minimum absolute atomic E-state index is 0.492. The van der Waals surface area contributed by atoms with E-state index >= 15 is 0 Å². The molecule has 3 rings (SSSR count). The zero-order valence-corrected chi connectivity index (χ0v) is 24.2. The minimum atomic E-state index is -0.814. The first-order valence-electron chi connectivity index (χ1n) is 9.49. The van der Waals surface area contributed by atoms with Gasteiger partial charge in [-0.05, 0) is 0 Å². The summed E-state index contributed by atoms with van der Waals surface area (Å²) in [4.78, 5) is 0. The second kappa shape index (κ2) is 10.2. The van der Waals surface area contributed by atoms with Crippen molar-refractivity contribution in [1.82, 2.24) is 0 Å². The standard InChI is InChI=1S/C24H30As3P/c1-25(2)19-7-13-22(14-8-19)28(23-15-9-20(10-16-23)26(3)4)24-17-11-21(12-18-24)27(5)6/h7-18H,1-6H3. The van der Waals surface area contributed by atoms with Gasteiger partial charge in [-0.25, -0.2) is 0 Å². The molecule has 0 saturated heterocycles. The average molecular weight is 574 g/mol. The van der Waals surface area contributed by atoms with Crippen LogP contribution in [0.4, 0.5) is 0 Å². The summed E-state index contributed by atoms with van der Waals surface area (Å²) in [5, 5.41) is 4.42. The molecule has 3 aromatic rings. The van der Waals surface area contributed by atoms with Gasteiger partial charge in [0.05, 0.1) is 0 Å². The monoisotopic (exact) mass is 574 g/mol. The number of hydrogen-bond donors (Lipinski definition) is 0. The molecular formula is C24H30As3P. The Kier molecular flexibility index (Phi) is 8.17. The molecule has 146 valence electrons. The van der Waals surface area contributed by atoms with Gasteiger partial charge in [-0.2, -0.15) is 0 Å². The van der Waals surface area contributed by atoms with Crippen LogP contribution in [0.25, 0.3) is 0 Å². The number of benzene rings is 3. The molecule has 0 spiro atoms. The Morgan fingerprint density at radius 1 is 0.393 bits per heavy atom. The third-order valence-electron chi connectivity index (χ3n) is 4.87. The first-order chi connectivity index (χ1) is 13.4. The Bertz CT molecular complexity index is 760. The van der Waals surface area contributed by atoms with Crippen molar-refractivity contribution in [2.75, 3.05) is 0 Å². The molecule has 0 unspecified atom stereocenters. The molecular weight excluding hydrogens is 544 g/mol. The van der Waals surface area contributed by atoms with Crippen LogP contribution in [0.5, 0.6) is 0 Å². The van der Waals surface area contributed by atoms with Crippen molar-refractivity contribution in [3.05, 3.63) is 72.8 Å². The van der Waals surface area contributed by atoms with Crippen molar-refractivity contribution < 1.29 is 0 Å². The Morgan fingerprint density at radius 2 is 0.607 bits per heavy atom. The fraction of sp³-hybridized carbons (Fsp3) is 0.250. The summed E-state index contributed by atoms with van der Waals surface area (Å²) in [6.45, 7) is 0. The quantitative estimate of drug-likeness (QED) is 0.313. The summed E-state index contributed by atoms with van der Waals surface area (Å²) >= 11 is -2.44. The first kappa shape index (κ1) is 22.5. The van der Waals surface area contributed by atoms with E-state index in [9.17, 15) is 0 Å². The maximum atomic E-state index is 2.41. The summed E-state index contributed by atoms with van der Waals surface area (Å²) < 4.78 is 4.69. The molecule has 0 bridgehead atoms. The van der Waals surface area contributed by atoms with E-state index < -0.39 is 51.9 Å². The van der Waals surface area contributed by atoms with E-state index in [1.54, 1.807) is 13.1 Å². The molecule has 0 nitrogen and oxygen atoms in total. The van der Waals surface area contributed by atoms with Gasteiger partial charge in [-0.15, -0.1) is 0 Å². The van der Waals surface area contributed by atoms with E-state index in [1.165, 1.54) is 15.9 Å². The van der Waals surface area contributed by atoms with Crippen molar-refractivity contribution >= 4 is 80.8 Å².